The summed E-state index contributed by atoms with van der Waals surface area (Å²) in [4.78, 5) is 13.9. The zero-order chi connectivity index (χ0) is 14.0. The van der Waals surface area contributed by atoms with Crippen molar-refractivity contribution in [3.63, 3.8) is 0 Å². The van der Waals surface area contributed by atoms with Crippen molar-refractivity contribution in [1.29, 1.82) is 0 Å². The van der Waals surface area contributed by atoms with E-state index in [9.17, 15) is 13.6 Å². The standard InChI is InChI=1S/C15H19F2NO/c1-15(7-3-4-8-15)14(19)18(2)10-11-5-6-12(16)9-13(11)17/h5-6,9H,3-4,7-8,10H2,1-2H3. The van der Waals surface area contributed by atoms with E-state index in [0.29, 0.717) is 5.56 Å². The summed E-state index contributed by atoms with van der Waals surface area (Å²) in [6, 6.07) is 3.46. The highest BCUT2D eigenvalue weighted by molar-refractivity contribution is 5.82. The van der Waals surface area contributed by atoms with Gasteiger partial charge >= 0.3 is 0 Å². The van der Waals surface area contributed by atoms with Gasteiger partial charge in [0, 0.05) is 30.6 Å². The van der Waals surface area contributed by atoms with Gasteiger partial charge in [0.05, 0.1) is 0 Å². The van der Waals surface area contributed by atoms with Gasteiger partial charge in [-0.3, -0.25) is 4.79 Å². The molecule has 0 radical (unpaired) electrons. The van der Waals surface area contributed by atoms with Crippen LogP contribution in [-0.2, 0) is 11.3 Å². The molecule has 0 spiro atoms. The van der Waals surface area contributed by atoms with E-state index in [1.54, 1.807) is 11.9 Å². The highest BCUT2D eigenvalue weighted by Crippen LogP contribution is 2.39. The number of carbonyl (C=O) groups is 1. The third-order valence-corrected chi connectivity index (χ3v) is 3.99. The molecular formula is C15H19F2NO. The van der Waals surface area contributed by atoms with Gasteiger partial charge in [0.15, 0.2) is 0 Å². The van der Waals surface area contributed by atoms with E-state index in [1.165, 1.54) is 12.1 Å². The first-order chi connectivity index (χ1) is 8.92. The summed E-state index contributed by atoms with van der Waals surface area (Å²) in [7, 11) is 1.68. The lowest BCUT2D eigenvalue weighted by atomic mass is 9.87. The summed E-state index contributed by atoms with van der Waals surface area (Å²) >= 11 is 0. The monoisotopic (exact) mass is 267 g/mol. The average molecular weight is 267 g/mol. The minimum Gasteiger partial charge on any atom is -0.341 e. The molecule has 19 heavy (non-hydrogen) atoms. The van der Waals surface area contributed by atoms with Gasteiger partial charge in [-0.25, -0.2) is 8.78 Å². The maximum absolute atomic E-state index is 13.6. The molecule has 1 aromatic rings. The normalized spacial score (nSPS) is 17.5. The fourth-order valence-corrected chi connectivity index (χ4v) is 2.81. The average Bonchev–Trinajstić information content (AvgIpc) is 2.80. The molecule has 0 N–H and O–H groups in total. The van der Waals surface area contributed by atoms with E-state index in [-0.39, 0.29) is 17.9 Å². The van der Waals surface area contributed by atoms with Gasteiger partial charge in [-0.2, -0.15) is 0 Å². The molecule has 1 aliphatic carbocycles. The molecule has 104 valence electrons. The lowest BCUT2D eigenvalue weighted by Gasteiger charge is -2.29. The largest absolute Gasteiger partial charge is 0.341 e. The third kappa shape index (κ3) is 2.94. The first-order valence-electron chi connectivity index (χ1n) is 6.62. The van der Waals surface area contributed by atoms with Crippen LogP contribution in [0.2, 0.25) is 0 Å². The van der Waals surface area contributed by atoms with E-state index in [0.717, 1.165) is 31.7 Å². The molecule has 0 atom stereocenters. The topological polar surface area (TPSA) is 20.3 Å². The van der Waals surface area contributed by atoms with E-state index in [4.69, 9.17) is 0 Å². The number of halogens is 2. The van der Waals surface area contributed by atoms with E-state index >= 15 is 0 Å². The van der Waals surface area contributed by atoms with Crippen LogP contribution >= 0.6 is 0 Å². The van der Waals surface area contributed by atoms with E-state index in [2.05, 4.69) is 0 Å². The predicted molar refractivity (Wildman–Crippen MR) is 69.4 cm³/mol. The Labute approximate surface area is 112 Å². The van der Waals surface area contributed by atoms with Crippen molar-refractivity contribution >= 4 is 5.91 Å². The van der Waals surface area contributed by atoms with Gasteiger partial charge in [0.25, 0.3) is 0 Å². The van der Waals surface area contributed by atoms with Crippen molar-refractivity contribution in [1.82, 2.24) is 4.90 Å². The second-order valence-corrected chi connectivity index (χ2v) is 5.66. The minimum atomic E-state index is -0.601. The van der Waals surface area contributed by atoms with Crippen molar-refractivity contribution < 1.29 is 13.6 Å². The van der Waals surface area contributed by atoms with Crippen LogP contribution in [0.5, 0.6) is 0 Å². The molecular weight excluding hydrogens is 248 g/mol. The lowest BCUT2D eigenvalue weighted by Crippen LogP contribution is -2.38. The summed E-state index contributed by atoms with van der Waals surface area (Å²) < 4.78 is 26.4. The van der Waals surface area contributed by atoms with Gasteiger partial charge in [-0.1, -0.05) is 25.8 Å². The van der Waals surface area contributed by atoms with Crippen molar-refractivity contribution in [2.24, 2.45) is 5.41 Å². The second kappa shape index (κ2) is 5.27. The molecule has 1 aliphatic rings. The molecule has 0 aliphatic heterocycles. The summed E-state index contributed by atoms with van der Waals surface area (Å²) in [6.07, 6.45) is 3.92. The summed E-state index contributed by atoms with van der Waals surface area (Å²) in [5.74, 6) is -1.15. The van der Waals surface area contributed by atoms with Gasteiger partial charge in [0.1, 0.15) is 11.6 Å². The molecule has 1 aromatic carbocycles. The number of hydrogen-bond donors (Lipinski definition) is 0. The van der Waals surface area contributed by atoms with E-state index in [1.807, 2.05) is 6.92 Å². The number of carbonyl (C=O) groups excluding carboxylic acids is 1. The van der Waals surface area contributed by atoms with Crippen molar-refractivity contribution in [2.75, 3.05) is 7.05 Å². The van der Waals surface area contributed by atoms with Crippen LogP contribution in [0.15, 0.2) is 18.2 Å². The van der Waals surface area contributed by atoms with Crippen LogP contribution in [0.3, 0.4) is 0 Å². The second-order valence-electron chi connectivity index (χ2n) is 5.66. The maximum Gasteiger partial charge on any atom is 0.228 e. The Balaban J connectivity index is 2.08. The van der Waals surface area contributed by atoms with Crippen LogP contribution in [0.25, 0.3) is 0 Å². The fourth-order valence-electron chi connectivity index (χ4n) is 2.81. The predicted octanol–water partition coefficient (Wildman–Crippen LogP) is 3.50. The number of benzene rings is 1. The maximum atomic E-state index is 13.6. The summed E-state index contributed by atoms with van der Waals surface area (Å²) in [5, 5.41) is 0. The third-order valence-electron chi connectivity index (χ3n) is 3.99. The minimum absolute atomic E-state index is 0.0497. The zero-order valence-corrected chi connectivity index (χ0v) is 11.4. The molecule has 0 saturated heterocycles. The number of rotatable bonds is 3. The van der Waals surface area contributed by atoms with Crippen molar-refractivity contribution in [3.8, 4) is 0 Å². The molecule has 0 unspecified atom stereocenters. The number of hydrogen-bond acceptors (Lipinski definition) is 1. The first-order valence-corrected chi connectivity index (χ1v) is 6.62. The van der Waals surface area contributed by atoms with Gasteiger partial charge in [0.2, 0.25) is 5.91 Å². The molecule has 0 aromatic heterocycles. The van der Waals surface area contributed by atoms with Crippen LogP contribution in [0, 0.1) is 17.0 Å². The molecule has 1 fully saturated rings. The molecule has 0 heterocycles. The van der Waals surface area contributed by atoms with Crippen molar-refractivity contribution in [3.05, 3.63) is 35.4 Å². The van der Waals surface area contributed by atoms with Crippen molar-refractivity contribution in [2.45, 2.75) is 39.2 Å². The first kappa shape index (κ1) is 14.0. The molecule has 0 bridgehead atoms. The Bertz CT molecular complexity index is 481. The number of nitrogens with zero attached hydrogens (tertiary/aromatic N) is 1. The van der Waals surface area contributed by atoms with Crippen LogP contribution < -0.4 is 0 Å². The SMILES string of the molecule is CN(Cc1ccc(F)cc1F)C(=O)C1(C)CCCC1. The lowest BCUT2D eigenvalue weighted by molar-refractivity contribution is -0.140. The Kier molecular flexibility index (Phi) is 3.88. The molecule has 1 saturated carbocycles. The van der Waals surface area contributed by atoms with Gasteiger partial charge in [-0.15, -0.1) is 0 Å². The fraction of sp³-hybridized carbons (Fsp3) is 0.533. The smallest absolute Gasteiger partial charge is 0.228 e. The molecule has 4 heteroatoms. The highest BCUT2D eigenvalue weighted by Gasteiger charge is 2.38. The van der Waals surface area contributed by atoms with Crippen LogP contribution in [0.1, 0.15) is 38.2 Å². The van der Waals surface area contributed by atoms with Crippen LogP contribution in [-0.4, -0.2) is 17.9 Å². The van der Waals surface area contributed by atoms with Crippen LogP contribution in [0.4, 0.5) is 8.78 Å². The molecule has 2 rings (SSSR count). The van der Waals surface area contributed by atoms with Gasteiger partial charge in [-0.05, 0) is 18.9 Å². The quantitative estimate of drug-likeness (QED) is 0.820. The highest BCUT2D eigenvalue weighted by atomic mass is 19.1. The Hall–Kier alpha value is -1.45. The Morgan fingerprint density at radius 2 is 1.95 bits per heavy atom. The summed E-state index contributed by atoms with van der Waals surface area (Å²) in [5.41, 5.74) is 0.0319. The summed E-state index contributed by atoms with van der Waals surface area (Å²) in [6.45, 7) is 2.15. The molecule has 2 nitrogen and oxygen atoms in total. The van der Waals surface area contributed by atoms with E-state index < -0.39 is 11.6 Å². The number of amides is 1. The molecule has 1 amide bonds. The van der Waals surface area contributed by atoms with Gasteiger partial charge < -0.3 is 4.90 Å². The Morgan fingerprint density at radius 3 is 2.53 bits per heavy atom. The zero-order valence-electron chi connectivity index (χ0n) is 11.4. The Morgan fingerprint density at radius 1 is 1.32 bits per heavy atom.